The monoisotopic (exact) mass is 358 g/mol. The molecule has 26 heavy (non-hydrogen) atoms. The second-order valence-electron chi connectivity index (χ2n) is 6.87. The third-order valence-corrected chi connectivity index (χ3v) is 5.08. The highest BCUT2D eigenvalue weighted by Gasteiger charge is 2.23. The highest BCUT2D eigenvalue weighted by molar-refractivity contribution is 5.52. The molecule has 7 heteroatoms. The highest BCUT2D eigenvalue weighted by Crippen LogP contribution is 2.29. The van der Waals surface area contributed by atoms with Crippen LogP contribution in [0.1, 0.15) is 18.4 Å². The minimum absolute atomic E-state index is 0.209. The van der Waals surface area contributed by atoms with E-state index in [0.29, 0.717) is 31.4 Å². The summed E-state index contributed by atoms with van der Waals surface area (Å²) in [7, 11) is 0. The van der Waals surface area contributed by atoms with E-state index in [-0.39, 0.29) is 12.4 Å². The maximum Gasteiger partial charge on any atom is 0.165 e. The largest absolute Gasteiger partial charge is 0.488 e. The van der Waals surface area contributed by atoms with Crippen molar-refractivity contribution in [2.75, 3.05) is 42.6 Å². The summed E-state index contributed by atoms with van der Waals surface area (Å²) in [4.78, 5) is 13.1. The van der Waals surface area contributed by atoms with Gasteiger partial charge >= 0.3 is 0 Å². The van der Waals surface area contributed by atoms with Crippen molar-refractivity contribution in [3.63, 3.8) is 0 Å². The average Bonchev–Trinajstić information content (AvgIpc) is 2.92. The minimum Gasteiger partial charge on any atom is -0.488 e. The van der Waals surface area contributed by atoms with Crippen LogP contribution in [0, 0.1) is 11.7 Å². The zero-order valence-corrected chi connectivity index (χ0v) is 14.6. The van der Waals surface area contributed by atoms with Crippen molar-refractivity contribution in [3.8, 4) is 5.75 Å². The molecule has 4 rings (SSSR count). The van der Waals surface area contributed by atoms with Crippen LogP contribution in [0.2, 0.25) is 0 Å². The van der Waals surface area contributed by atoms with Crippen molar-refractivity contribution in [1.82, 2.24) is 9.97 Å². The van der Waals surface area contributed by atoms with E-state index in [2.05, 4.69) is 19.8 Å². The molecule has 1 atom stereocenters. The topological polar surface area (TPSA) is 61.7 Å². The Bertz CT molecular complexity index is 773. The van der Waals surface area contributed by atoms with Gasteiger partial charge in [-0.1, -0.05) is 12.1 Å². The Labute approximate surface area is 152 Å². The average molecular weight is 358 g/mol. The SMILES string of the molecule is OCC1CCCN(c2cc(N3CCOc4c(F)cccc4C3)ncn2)C1. The lowest BCUT2D eigenvalue weighted by molar-refractivity contribution is 0.208. The summed E-state index contributed by atoms with van der Waals surface area (Å²) in [6.45, 7) is 3.53. The third-order valence-electron chi connectivity index (χ3n) is 5.08. The smallest absolute Gasteiger partial charge is 0.165 e. The maximum atomic E-state index is 14.0. The second kappa shape index (κ2) is 7.45. The molecule has 2 aliphatic rings. The molecule has 1 saturated heterocycles. The minimum atomic E-state index is -0.323. The fraction of sp³-hybridized carbons (Fsp3) is 0.474. The molecular formula is C19H23FN4O2. The fourth-order valence-corrected chi connectivity index (χ4v) is 3.68. The van der Waals surface area contributed by atoms with E-state index in [1.807, 2.05) is 12.1 Å². The quantitative estimate of drug-likeness (QED) is 0.908. The molecule has 3 heterocycles. The van der Waals surface area contributed by atoms with Crippen LogP contribution in [0.4, 0.5) is 16.0 Å². The van der Waals surface area contributed by atoms with Crippen molar-refractivity contribution < 1.29 is 14.2 Å². The molecular weight excluding hydrogens is 335 g/mol. The van der Waals surface area contributed by atoms with E-state index in [1.54, 1.807) is 12.4 Å². The Morgan fingerprint density at radius 2 is 2.04 bits per heavy atom. The van der Waals surface area contributed by atoms with E-state index in [4.69, 9.17) is 4.74 Å². The van der Waals surface area contributed by atoms with Crippen LogP contribution in [0.25, 0.3) is 0 Å². The summed E-state index contributed by atoms with van der Waals surface area (Å²) in [5.74, 6) is 1.99. The van der Waals surface area contributed by atoms with Gasteiger partial charge < -0.3 is 19.6 Å². The lowest BCUT2D eigenvalue weighted by atomic mass is 9.99. The molecule has 1 N–H and O–H groups in total. The molecule has 138 valence electrons. The van der Waals surface area contributed by atoms with Crippen molar-refractivity contribution in [2.45, 2.75) is 19.4 Å². The number of ether oxygens (including phenoxy) is 1. The molecule has 0 amide bonds. The number of aliphatic hydroxyl groups excluding tert-OH is 1. The first kappa shape index (κ1) is 17.0. The first-order chi connectivity index (χ1) is 12.7. The van der Waals surface area contributed by atoms with Crippen LogP contribution in [-0.4, -0.2) is 47.9 Å². The summed E-state index contributed by atoms with van der Waals surface area (Å²) >= 11 is 0. The number of halogens is 1. The molecule has 2 aliphatic heterocycles. The number of rotatable bonds is 3. The Hall–Kier alpha value is -2.41. The van der Waals surface area contributed by atoms with Crippen molar-refractivity contribution in [1.29, 1.82) is 0 Å². The van der Waals surface area contributed by atoms with Crippen molar-refractivity contribution >= 4 is 11.6 Å². The number of anilines is 2. The summed E-state index contributed by atoms with van der Waals surface area (Å²) in [6.07, 6.45) is 3.68. The van der Waals surface area contributed by atoms with Crippen LogP contribution in [0.3, 0.4) is 0 Å². The zero-order valence-electron chi connectivity index (χ0n) is 14.6. The number of aromatic nitrogens is 2. The molecule has 1 fully saturated rings. The normalized spacial score (nSPS) is 20.3. The van der Waals surface area contributed by atoms with Crippen molar-refractivity contribution in [2.24, 2.45) is 5.92 Å². The summed E-state index contributed by atoms with van der Waals surface area (Å²) in [5, 5.41) is 9.45. The molecule has 0 aliphatic carbocycles. The zero-order chi connectivity index (χ0) is 17.9. The first-order valence-electron chi connectivity index (χ1n) is 9.07. The number of hydrogen-bond acceptors (Lipinski definition) is 6. The Balaban J connectivity index is 1.56. The van der Waals surface area contributed by atoms with Gasteiger partial charge in [0.2, 0.25) is 0 Å². The van der Waals surface area contributed by atoms with Gasteiger partial charge in [0, 0.05) is 37.9 Å². The number of nitrogens with zero attached hydrogens (tertiary/aromatic N) is 4. The lowest BCUT2D eigenvalue weighted by Gasteiger charge is -2.33. The molecule has 1 unspecified atom stereocenters. The van der Waals surface area contributed by atoms with Gasteiger partial charge in [-0.25, -0.2) is 14.4 Å². The van der Waals surface area contributed by atoms with E-state index in [9.17, 15) is 9.50 Å². The predicted molar refractivity (Wildman–Crippen MR) is 97.0 cm³/mol. The maximum absolute atomic E-state index is 14.0. The predicted octanol–water partition coefficient (Wildman–Crippen LogP) is 2.22. The van der Waals surface area contributed by atoms with Gasteiger partial charge in [-0.05, 0) is 24.8 Å². The molecule has 0 spiro atoms. The molecule has 0 saturated carbocycles. The van der Waals surface area contributed by atoms with Crippen LogP contribution >= 0.6 is 0 Å². The van der Waals surface area contributed by atoms with E-state index < -0.39 is 0 Å². The molecule has 2 aromatic rings. The van der Waals surface area contributed by atoms with Gasteiger partial charge in [0.25, 0.3) is 0 Å². The number of fused-ring (bicyclic) bond motifs is 1. The van der Waals surface area contributed by atoms with Crippen molar-refractivity contribution in [3.05, 3.63) is 42.0 Å². The Kier molecular flexibility index (Phi) is 4.88. The van der Waals surface area contributed by atoms with E-state index in [1.165, 1.54) is 6.07 Å². The summed E-state index contributed by atoms with van der Waals surface area (Å²) < 4.78 is 19.6. The number of benzene rings is 1. The summed E-state index contributed by atoms with van der Waals surface area (Å²) in [6, 6.07) is 6.99. The van der Waals surface area contributed by atoms with Gasteiger partial charge in [0.15, 0.2) is 11.6 Å². The highest BCUT2D eigenvalue weighted by atomic mass is 19.1. The van der Waals surface area contributed by atoms with Gasteiger partial charge in [0.05, 0.1) is 6.54 Å². The molecule has 0 bridgehead atoms. The van der Waals surface area contributed by atoms with E-state index >= 15 is 0 Å². The Morgan fingerprint density at radius 1 is 1.19 bits per heavy atom. The molecule has 6 nitrogen and oxygen atoms in total. The van der Waals surface area contributed by atoms with Crippen LogP contribution in [0.15, 0.2) is 30.6 Å². The van der Waals surface area contributed by atoms with E-state index in [0.717, 1.165) is 43.1 Å². The molecule has 0 radical (unpaired) electrons. The Morgan fingerprint density at radius 3 is 2.88 bits per heavy atom. The molecule has 1 aromatic carbocycles. The van der Waals surface area contributed by atoms with Gasteiger partial charge in [-0.15, -0.1) is 0 Å². The van der Waals surface area contributed by atoms with Crippen LogP contribution in [0.5, 0.6) is 5.75 Å². The third kappa shape index (κ3) is 3.44. The summed E-state index contributed by atoms with van der Waals surface area (Å²) in [5.41, 5.74) is 0.820. The number of hydrogen-bond donors (Lipinski definition) is 1. The number of piperidine rings is 1. The fourth-order valence-electron chi connectivity index (χ4n) is 3.68. The number of aliphatic hydroxyl groups is 1. The van der Waals surface area contributed by atoms with Crippen LogP contribution in [-0.2, 0) is 6.54 Å². The first-order valence-corrected chi connectivity index (χ1v) is 9.07. The number of para-hydroxylation sites is 1. The van der Waals surface area contributed by atoms with Gasteiger partial charge in [0.1, 0.15) is 24.6 Å². The standard InChI is InChI=1S/C19H23FN4O2/c20-16-5-1-4-15-11-24(7-8-26-19(15)16)18-9-17(21-13-22-18)23-6-2-3-14(10-23)12-25/h1,4-5,9,13-14,25H,2-3,6-8,10-12H2. The second-order valence-corrected chi connectivity index (χ2v) is 6.87. The van der Waals surface area contributed by atoms with Gasteiger partial charge in [-0.3, -0.25) is 0 Å². The lowest BCUT2D eigenvalue weighted by Crippen LogP contribution is -2.37. The molecule has 1 aromatic heterocycles. The van der Waals surface area contributed by atoms with Gasteiger partial charge in [-0.2, -0.15) is 0 Å². The van der Waals surface area contributed by atoms with Crippen LogP contribution < -0.4 is 14.5 Å².